The molecular weight excluding hydrogens is 550 g/mol. The summed E-state index contributed by atoms with van der Waals surface area (Å²) in [6, 6.07) is 17.4. The Morgan fingerprint density at radius 2 is 1.83 bits per heavy atom. The fourth-order valence-corrected chi connectivity index (χ4v) is 3.97. The summed E-state index contributed by atoms with van der Waals surface area (Å²) in [5.74, 6) is -1.78. The van der Waals surface area contributed by atoms with Crippen molar-refractivity contribution in [2.75, 3.05) is 16.8 Å². The highest BCUT2D eigenvalue weighted by molar-refractivity contribution is 9.10. The first-order chi connectivity index (χ1) is 17.2. The monoisotopic (exact) mass is 567 g/mol. The van der Waals surface area contributed by atoms with Gasteiger partial charge in [0.1, 0.15) is 11.3 Å². The predicted molar refractivity (Wildman–Crippen MR) is 140 cm³/mol. The summed E-state index contributed by atoms with van der Waals surface area (Å²) in [5, 5.41) is 5.35. The fraction of sp³-hybridized carbons (Fsp3) is 0.0769. The lowest BCUT2D eigenvalue weighted by atomic mass is 10.1. The van der Waals surface area contributed by atoms with Crippen molar-refractivity contribution in [2.24, 2.45) is 0 Å². The first-order valence-corrected chi connectivity index (χ1v) is 11.8. The number of amides is 5. The third kappa shape index (κ3) is 5.81. The summed E-state index contributed by atoms with van der Waals surface area (Å²) >= 11 is 9.26. The minimum absolute atomic E-state index is 0.249. The van der Waals surface area contributed by atoms with Crippen LogP contribution in [-0.2, 0) is 14.4 Å². The zero-order valence-corrected chi connectivity index (χ0v) is 21.2. The van der Waals surface area contributed by atoms with Gasteiger partial charge in [-0.3, -0.25) is 19.7 Å². The van der Waals surface area contributed by atoms with E-state index >= 15 is 0 Å². The van der Waals surface area contributed by atoms with E-state index < -0.39 is 17.8 Å². The van der Waals surface area contributed by atoms with Crippen molar-refractivity contribution in [3.05, 3.63) is 92.9 Å². The van der Waals surface area contributed by atoms with E-state index in [0.717, 1.165) is 10.5 Å². The van der Waals surface area contributed by atoms with Crippen LogP contribution in [0.1, 0.15) is 11.1 Å². The van der Waals surface area contributed by atoms with Crippen molar-refractivity contribution in [1.29, 1.82) is 0 Å². The molecule has 0 unspecified atom stereocenters. The Labute approximate surface area is 220 Å². The molecule has 1 aliphatic rings. The molecule has 0 radical (unpaired) electrons. The summed E-state index contributed by atoms with van der Waals surface area (Å²) in [6.07, 6.45) is 1.31. The molecular formula is C26H19BrClN3O5. The van der Waals surface area contributed by atoms with Crippen LogP contribution < -0.4 is 20.3 Å². The van der Waals surface area contributed by atoms with Crippen molar-refractivity contribution in [2.45, 2.75) is 6.92 Å². The highest BCUT2D eigenvalue weighted by atomic mass is 79.9. The number of anilines is 2. The standard InChI is InChI=1S/C26H19BrClN3O5/c1-15-3-2-4-19(11-15)29-23(32)14-36-22-10-5-17(27)12-16(22)13-21-24(33)30-26(35)31(25(21)34)20-8-6-18(28)7-9-20/h2-13H,14H2,1H3,(H,29,32)(H,30,33,35)/b21-13+. The van der Waals surface area contributed by atoms with E-state index in [-0.39, 0.29) is 29.5 Å². The number of nitrogens with one attached hydrogen (secondary N) is 2. The Morgan fingerprint density at radius 3 is 2.56 bits per heavy atom. The molecule has 8 nitrogen and oxygen atoms in total. The van der Waals surface area contributed by atoms with Gasteiger partial charge in [0.05, 0.1) is 5.69 Å². The number of barbiturate groups is 1. The van der Waals surface area contributed by atoms with Crippen LogP contribution in [0.25, 0.3) is 6.08 Å². The molecule has 1 fully saturated rings. The predicted octanol–water partition coefficient (Wildman–Crippen LogP) is 5.09. The van der Waals surface area contributed by atoms with Crippen molar-refractivity contribution < 1.29 is 23.9 Å². The van der Waals surface area contributed by atoms with Crippen LogP contribution >= 0.6 is 27.5 Å². The van der Waals surface area contributed by atoms with Gasteiger partial charge in [-0.05, 0) is 73.2 Å². The summed E-state index contributed by atoms with van der Waals surface area (Å²) in [7, 11) is 0. The van der Waals surface area contributed by atoms with E-state index in [1.54, 1.807) is 24.3 Å². The maximum absolute atomic E-state index is 13.2. The molecule has 0 aliphatic carbocycles. The molecule has 2 N–H and O–H groups in total. The number of carbonyl (C=O) groups excluding carboxylic acids is 4. The van der Waals surface area contributed by atoms with Crippen LogP contribution in [-0.4, -0.2) is 30.4 Å². The zero-order chi connectivity index (χ0) is 25.8. The lowest BCUT2D eigenvalue weighted by Gasteiger charge is -2.26. The molecule has 3 aromatic carbocycles. The van der Waals surface area contributed by atoms with Gasteiger partial charge in [-0.15, -0.1) is 0 Å². The van der Waals surface area contributed by atoms with Gasteiger partial charge >= 0.3 is 6.03 Å². The molecule has 1 saturated heterocycles. The van der Waals surface area contributed by atoms with Crippen LogP contribution in [0.15, 0.2) is 76.8 Å². The summed E-state index contributed by atoms with van der Waals surface area (Å²) in [5.41, 5.74) is 1.96. The smallest absolute Gasteiger partial charge is 0.335 e. The van der Waals surface area contributed by atoms with E-state index in [1.165, 1.54) is 30.3 Å². The van der Waals surface area contributed by atoms with Crippen LogP contribution in [0.4, 0.5) is 16.2 Å². The highest BCUT2D eigenvalue weighted by Gasteiger charge is 2.37. The van der Waals surface area contributed by atoms with Gasteiger partial charge in [0.15, 0.2) is 6.61 Å². The molecule has 0 bridgehead atoms. The van der Waals surface area contributed by atoms with E-state index in [0.29, 0.717) is 20.7 Å². The van der Waals surface area contributed by atoms with E-state index in [9.17, 15) is 19.2 Å². The van der Waals surface area contributed by atoms with E-state index in [2.05, 4.69) is 26.6 Å². The minimum Gasteiger partial charge on any atom is -0.483 e. The van der Waals surface area contributed by atoms with Gasteiger partial charge in [0, 0.05) is 20.7 Å². The average molecular weight is 569 g/mol. The number of hydrogen-bond donors (Lipinski definition) is 2. The lowest BCUT2D eigenvalue weighted by molar-refractivity contribution is -0.122. The first kappa shape index (κ1) is 25.2. The Balaban J connectivity index is 1.58. The first-order valence-electron chi connectivity index (χ1n) is 10.7. The number of ether oxygens (including phenoxy) is 1. The second kappa shape index (κ2) is 10.8. The third-order valence-corrected chi connectivity index (χ3v) is 5.86. The zero-order valence-electron chi connectivity index (χ0n) is 18.9. The van der Waals surface area contributed by atoms with E-state index in [1.807, 2.05) is 25.1 Å². The number of imide groups is 2. The molecule has 0 spiro atoms. The van der Waals surface area contributed by atoms with Crippen LogP contribution in [0, 0.1) is 6.92 Å². The molecule has 182 valence electrons. The molecule has 1 aliphatic heterocycles. The molecule has 4 rings (SSSR count). The molecule has 3 aromatic rings. The summed E-state index contributed by atoms with van der Waals surface area (Å²) < 4.78 is 6.35. The fourth-order valence-electron chi connectivity index (χ4n) is 3.46. The normalized spacial score (nSPS) is 14.6. The van der Waals surface area contributed by atoms with E-state index in [4.69, 9.17) is 16.3 Å². The molecule has 10 heteroatoms. The largest absolute Gasteiger partial charge is 0.483 e. The maximum atomic E-state index is 13.2. The Bertz CT molecular complexity index is 1400. The lowest BCUT2D eigenvalue weighted by Crippen LogP contribution is -2.54. The van der Waals surface area contributed by atoms with Crippen LogP contribution in [0.5, 0.6) is 5.75 Å². The van der Waals surface area contributed by atoms with Crippen molar-refractivity contribution >= 4 is 68.7 Å². The summed E-state index contributed by atoms with van der Waals surface area (Å²) in [4.78, 5) is 51.4. The number of rotatable bonds is 6. The number of nitrogens with zero attached hydrogens (tertiary/aromatic N) is 1. The van der Waals surface area contributed by atoms with Gasteiger partial charge in [-0.2, -0.15) is 0 Å². The second-order valence-electron chi connectivity index (χ2n) is 7.82. The molecule has 36 heavy (non-hydrogen) atoms. The van der Waals surface area contributed by atoms with Gasteiger partial charge in [-0.25, -0.2) is 9.69 Å². The Morgan fingerprint density at radius 1 is 1.08 bits per heavy atom. The van der Waals surface area contributed by atoms with Crippen LogP contribution in [0.3, 0.4) is 0 Å². The number of halogens is 2. The third-order valence-electron chi connectivity index (χ3n) is 5.12. The number of urea groups is 1. The van der Waals surface area contributed by atoms with Crippen molar-refractivity contribution in [3.8, 4) is 5.75 Å². The molecule has 1 heterocycles. The Kier molecular flexibility index (Phi) is 7.52. The highest BCUT2D eigenvalue weighted by Crippen LogP contribution is 2.28. The molecule has 0 atom stereocenters. The quantitative estimate of drug-likeness (QED) is 0.318. The van der Waals surface area contributed by atoms with Gasteiger partial charge < -0.3 is 10.1 Å². The van der Waals surface area contributed by atoms with Gasteiger partial charge in [0.25, 0.3) is 17.7 Å². The number of carbonyl (C=O) groups is 4. The number of benzene rings is 3. The molecule has 0 saturated carbocycles. The van der Waals surface area contributed by atoms with Crippen molar-refractivity contribution in [1.82, 2.24) is 5.32 Å². The van der Waals surface area contributed by atoms with Crippen molar-refractivity contribution in [3.63, 3.8) is 0 Å². The average Bonchev–Trinajstić information content (AvgIpc) is 2.82. The minimum atomic E-state index is -0.872. The summed E-state index contributed by atoms with van der Waals surface area (Å²) in [6.45, 7) is 1.61. The number of aryl methyl sites for hydroxylation is 1. The van der Waals surface area contributed by atoms with Crippen LogP contribution in [0.2, 0.25) is 5.02 Å². The second-order valence-corrected chi connectivity index (χ2v) is 9.17. The maximum Gasteiger partial charge on any atom is 0.335 e. The Hall–Kier alpha value is -3.95. The molecule has 5 amide bonds. The number of hydrogen-bond acceptors (Lipinski definition) is 5. The van der Waals surface area contributed by atoms with Gasteiger partial charge in [0.2, 0.25) is 0 Å². The topological polar surface area (TPSA) is 105 Å². The van der Waals surface area contributed by atoms with Gasteiger partial charge in [-0.1, -0.05) is 39.7 Å². The SMILES string of the molecule is Cc1cccc(NC(=O)COc2ccc(Br)cc2/C=C2\C(=O)NC(=O)N(c3ccc(Cl)cc3)C2=O)c1. The molecule has 0 aromatic heterocycles.